The van der Waals surface area contributed by atoms with Gasteiger partial charge in [0, 0.05) is 18.2 Å². The van der Waals surface area contributed by atoms with Gasteiger partial charge in [-0.15, -0.1) is 15.3 Å². The summed E-state index contributed by atoms with van der Waals surface area (Å²) in [7, 11) is 0. The van der Waals surface area contributed by atoms with Crippen molar-refractivity contribution in [3.63, 3.8) is 0 Å². The molecule has 2 aromatic heterocycles. The molecule has 2 aromatic rings. The maximum absolute atomic E-state index is 12.8. The molecule has 9 heteroatoms. The number of aromatic nitrogens is 4. The van der Waals surface area contributed by atoms with E-state index in [1.165, 1.54) is 12.1 Å². The molecule has 0 unspecified atom stereocenters. The number of fused-ring (bicyclic) bond motifs is 3. The van der Waals surface area contributed by atoms with Crippen LogP contribution < -0.4 is 10.1 Å². The number of ether oxygens (including phenoxy) is 1. The molecule has 2 aliphatic heterocycles. The second-order valence-corrected chi connectivity index (χ2v) is 5.81. The van der Waals surface area contributed by atoms with Gasteiger partial charge in [-0.2, -0.15) is 17.7 Å². The maximum Gasteiger partial charge on any atom is 0.453 e. The predicted molar refractivity (Wildman–Crippen MR) is 69.4 cm³/mol. The minimum absolute atomic E-state index is 0.0190. The van der Waals surface area contributed by atoms with Crippen LogP contribution in [0.15, 0.2) is 12.1 Å². The fraction of sp³-hybridized carbons (Fsp3) is 0.615. The van der Waals surface area contributed by atoms with E-state index in [9.17, 15) is 13.2 Å². The average molecular weight is 313 g/mol. The first-order chi connectivity index (χ1) is 10.5. The van der Waals surface area contributed by atoms with Crippen molar-refractivity contribution in [2.24, 2.45) is 0 Å². The molecule has 2 fully saturated rings. The topological polar surface area (TPSA) is 64.3 Å². The van der Waals surface area contributed by atoms with Crippen molar-refractivity contribution >= 4 is 5.65 Å². The van der Waals surface area contributed by atoms with Gasteiger partial charge in [0.05, 0.1) is 0 Å². The van der Waals surface area contributed by atoms with Crippen LogP contribution in [0.3, 0.4) is 0 Å². The summed E-state index contributed by atoms with van der Waals surface area (Å²) >= 11 is 0. The van der Waals surface area contributed by atoms with Crippen molar-refractivity contribution in [3.05, 3.63) is 18.0 Å². The highest BCUT2D eigenvalue weighted by Gasteiger charge is 2.38. The zero-order chi connectivity index (χ0) is 15.3. The monoisotopic (exact) mass is 313 g/mol. The highest BCUT2D eigenvalue weighted by atomic mass is 19.4. The highest BCUT2D eigenvalue weighted by Crippen LogP contribution is 2.30. The molecule has 0 spiro atoms. The summed E-state index contributed by atoms with van der Waals surface area (Å²) < 4.78 is 45.0. The van der Waals surface area contributed by atoms with Gasteiger partial charge in [0.1, 0.15) is 6.10 Å². The molecule has 3 atom stereocenters. The Morgan fingerprint density at radius 2 is 1.86 bits per heavy atom. The number of nitrogens with zero attached hydrogens (tertiary/aromatic N) is 4. The minimum Gasteiger partial charge on any atom is -0.473 e. The van der Waals surface area contributed by atoms with E-state index in [2.05, 4.69) is 20.6 Å². The molecule has 0 aliphatic carbocycles. The predicted octanol–water partition coefficient (Wildman–Crippen LogP) is 1.80. The fourth-order valence-corrected chi connectivity index (χ4v) is 3.28. The first-order valence-corrected chi connectivity index (χ1v) is 7.21. The lowest BCUT2D eigenvalue weighted by atomic mass is 10.0. The number of hydrogen-bond acceptors (Lipinski definition) is 5. The van der Waals surface area contributed by atoms with Crippen molar-refractivity contribution in [1.29, 1.82) is 0 Å². The van der Waals surface area contributed by atoms with Crippen LogP contribution >= 0.6 is 0 Å². The van der Waals surface area contributed by atoms with E-state index in [1.54, 1.807) is 0 Å². The van der Waals surface area contributed by atoms with Gasteiger partial charge in [-0.25, -0.2) is 0 Å². The Labute approximate surface area is 123 Å². The van der Waals surface area contributed by atoms with E-state index in [4.69, 9.17) is 4.74 Å². The van der Waals surface area contributed by atoms with Crippen LogP contribution in [-0.4, -0.2) is 38.0 Å². The number of rotatable bonds is 2. The normalized spacial score (nSPS) is 28.2. The van der Waals surface area contributed by atoms with E-state index in [0.29, 0.717) is 16.6 Å². The Morgan fingerprint density at radius 3 is 2.55 bits per heavy atom. The van der Waals surface area contributed by atoms with Crippen molar-refractivity contribution in [3.8, 4) is 5.88 Å². The van der Waals surface area contributed by atoms with Crippen LogP contribution in [-0.2, 0) is 6.18 Å². The molecular weight excluding hydrogens is 299 g/mol. The lowest BCUT2D eigenvalue weighted by molar-refractivity contribution is -0.146. The van der Waals surface area contributed by atoms with Gasteiger partial charge in [-0.1, -0.05) is 0 Å². The first kappa shape index (κ1) is 13.7. The quantitative estimate of drug-likeness (QED) is 0.916. The van der Waals surface area contributed by atoms with Crippen LogP contribution in [0, 0.1) is 0 Å². The standard InChI is InChI=1S/C13H14F3N5O/c14-13(15,16)12-19-18-10-3-4-11(20-21(10)12)22-9-5-7-1-2-8(6-9)17-7/h3-4,7-9,17H,1-2,5-6H2/t7-,8+,9+. The second-order valence-electron chi connectivity index (χ2n) is 5.81. The number of piperidine rings is 1. The summed E-state index contributed by atoms with van der Waals surface area (Å²) in [5, 5.41) is 14.0. The Hall–Kier alpha value is -1.90. The van der Waals surface area contributed by atoms with E-state index in [-0.39, 0.29) is 17.6 Å². The van der Waals surface area contributed by atoms with E-state index in [0.717, 1.165) is 25.7 Å². The lowest BCUT2D eigenvalue weighted by Crippen LogP contribution is -2.42. The highest BCUT2D eigenvalue weighted by molar-refractivity contribution is 5.37. The maximum atomic E-state index is 12.8. The van der Waals surface area contributed by atoms with Gasteiger partial charge in [-0.3, -0.25) is 0 Å². The lowest BCUT2D eigenvalue weighted by Gasteiger charge is -2.29. The average Bonchev–Trinajstić information content (AvgIpc) is 3.01. The molecule has 4 rings (SSSR count). The van der Waals surface area contributed by atoms with Crippen molar-refractivity contribution < 1.29 is 17.9 Å². The minimum atomic E-state index is -4.60. The van der Waals surface area contributed by atoms with Gasteiger partial charge < -0.3 is 10.1 Å². The van der Waals surface area contributed by atoms with E-state index < -0.39 is 12.0 Å². The van der Waals surface area contributed by atoms with E-state index >= 15 is 0 Å². The van der Waals surface area contributed by atoms with Gasteiger partial charge >= 0.3 is 6.18 Å². The summed E-state index contributed by atoms with van der Waals surface area (Å²) in [6.07, 6.45) is -0.663. The summed E-state index contributed by atoms with van der Waals surface area (Å²) in [4.78, 5) is 0. The van der Waals surface area contributed by atoms with Gasteiger partial charge in [-0.05, 0) is 31.7 Å². The zero-order valence-electron chi connectivity index (χ0n) is 11.5. The molecular formula is C13H14F3N5O. The van der Waals surface area contributed by atoms with Crippen LogP contribution in [0.4, 0.5) is 13.2 Å². The van der Waals surface area contributed by atoms with Crippen molar-refractivity contribution in [1.82, 2.24) is 25.1 Å². The molecule has 0 radical (unpaired) electrons. The summed E-state index contributed by atoms with van der Waals surface area (Å²) in [6, 6.07) is 3.84. The number of halogens is 3. The number of alkyl halides is 3. The third kappa shape index (κ3) is 2.39. The van der Waals surface area contributed by atoms with Crippen molar-refractivity contribution in [2.45, 2.75) is 50.0 Å². The molecule has 2 saturated heterocycles. The SMILES string of the molecule is FC(F)(F)c1nnc2ccc(O[C@H]3C[C@H]4CC[C@@H](C3)N4)nn12. The second kappa shape index (κ2) is 4.80. The number of nitrogens with one attached hydrogen (secondary N) is 1. The fourth-order valence-electron chi connectivity index (χ4n) is 3.28. The Balaban J connectivity index is 1.59. The summed E-state index contributed by atoms with van der Waals surface area (Å²) in [5.41, 5.74) is 0.0463. The molecule has 4 heterocycles. The third-order valence-corrected chi connectivity index (χ3v) is 4.21. The Bertz CT molecular complexity index is 689. The Morgan fingerprint density at radius 1 is 1.14 bits per heavy atom. The van der Waals surface area contributed by atoms with E-state index in [1.807, 2.05) is 0 Å². The van der Waals surface area contributed by atoms with Crippen LogP contribution in [0.2, 0.25) is 0 Å². The van der Waals surface area contributed by atoms with Crippen molar-refractivity contribution in [2.75, 3.05) is 0 Å². The van der Waals surface area contributed by atoms with Crippen LogP contribution in [0.1, 0.15) is 31.5 Å². The largest absolute Gasteiger partial charge is 0.473 e. The third-order valence-electron chi connectivity index (χ3n) is 4.21. The van der Waals surface area contributed by atoms with Crippen LogP contribution in [0.25, 0.3) is 5.65 Å². The number of hydrogen-bond donors (Lipinski definition) is 1. The Kier molecular flexibility index (Phi) is 3.00. The van der Waals surface area contributed by atoms with Gasteiger partial charge in [0.15, 0.2) is 5.65 Å². The van der Waals surface area contributed by atoms with Gasteiger partial charge in [0.2, 0.25) is 5.88 Å². The zero-order valence-corrected chi connectivity index (χ0v) is 11.5. The molecule has 0 amide bonds. The smallest absolute Gasteiger partial charge is 0.453 e. The molecule has 0 saturated carbocycles. The van der Waals surface area contributed by atoms with Crippen LogP contribution in [0.5, 0.6) is 5.88 Å². The molecule has 118 valence electrons. The summed E-state index contributed by atoms with van der Waals surface area (Å²) in [6.45, 7) is 0. The molecule has 6 nitrogen and oxygen atoms in total. The molecule has 2 aliphatic rings. The first-order valence-electron chi connectivity index (χ1n) is 7.21. The molecule has 1 N–H and O–H groups in total. The molecule has 0 aromatic carbocycles. The summed E-state index contributed by atoms with van der Waals surface area (Å²) in [5.74, 6) is -0.970. The molecule has 2 bridgehead atoms. The molecule has 22 heavy (non-hydrogen) atoms. The van der Waals surface area contributed by atoms with Gasteiger partial charge in [0.25, 0.3) is 5.82 Å².